The summed E-state index contributed by atoms with van der Waals surface area (Å²) in [4.78, 5) is 15.4. The summed E-state index contributed by atoms with van der Waals surface area (Å²) in [6, 6.07) is 0. The van der Waals surface area contributed by atoms with E-state index in [1.165, 1.54) is 142 Å². The Morgan fingerprint density at radius 3 is 1.00 bits per heavy atom. The molecule has 0 aliphatic carbocycles. The van der Waals surface area contributed by atoms with Crippen molar-refractivity contribution in [3.05, 3.63) is 0 Å². The molecule has 0 aliphatic heterocycles. The largest absolute Gasteiger partial charge is 0.469 e. The van der Waals surface area contributed by atoms with Crippen LogP contribution in [-0.4, -0.2) is 30.0 Å². The molecule has 0 aliphatic rings. The van der Waals surface area contributed by atoms with Crippen LogP contribution < -0.4 is 5.32 Å². The van der Waals surface area contributed by atoms with Gasteiger partial charge in [0.15, 0.2) is 0 Å². The molecule has 0 amide bonds. The van der Waals surface area contributed by atoms with Crippen LogP contribution in [0.15, 0.2) is 0 Å². The molecule has 0 aromatic rings. The third-order valence-corrected chi connectivity index (χ3v) is 6.13. The molecular formula is C25H56NO4P. The van der Waals surface area contributed by atoms with E-state index in [-0.39, 0.29) is 0 Å². The molecule has 0 spiro atoms. The van der Waals surface area contributed by atoms with Gasteiger partial charge in [-0.1, -0.05) is 129 Å². The number of rotatable bonds is 23. The van der Waals surface area contributed by atoms with E-state index in [1.807, 2.05) is 0 Å². The summed E-state index contributed by atoms with van der Waals surface area (Å²) < 4.78 is 13.1. The number of hydrogen-bond donors (Lipinski definition) is 3. The van der Waals surface area contributed by atoms with Gasteiger partial charge >= 0.3 is 7.82 Å². The van der Waals surface area contributed by atoms with Crippen molar-refractivity contribution < 1.29 is 18.9 Å². The fourth-order valence-corrected chi connectivity index (χ4v) is 3.60. The molecule has 0 fully saturated rings. The molecule has 0 saturated heterocycles. The van der Waals surface area contributed by atoms with E-state index in [9.17, 15) is 4.57 Å². The van der Waals surface area contributed by atoms with Gasteiger partial charge in [0.05, 0.1) is 0 Å². The molecule has 0 aromatic carbocycles. The second-order valence-electron chi connectivity index (χ2n) is 8.79. The second-order valence-corrected chi connectivity index (χ2v) is 10.1. The van der Waals surface area contributed by atoms with Gasteiger partial charge in [-0.05, 0) is 25.9 Å². The zero-order valence-corrected chi connectivity index (χ0v) is 22.1. The maximum Gasteiger partial charge on any atom is 0.469 e. The molecule has 6 heteroatoms. The number of phosphoric acid groups is 1. The highest BCUT2D eigenvalue weighted by atomic mass is 31.2. The van der Waals surface area contributed by atoms with E-state index in [0.29, 0.717) is 0 Å². The normalized spacial score (nSPS) is 11.4. The zero-order valence-electron chi connectivity index (χ0n) is 21.2. The molecule has 190 valence electrons. The lowest BCUT2D eigenvalue weighted by molar-refractivity contribution is 0.235. The lowest BCUT2D eigenvalue weighted by Crippen LogP contribution is -2.16. The van der Waals surface area contributed by atoms with Crippen molar-refractivity contribution in [2.75, 3.05) is 20.2 Å². The second kappa shape index (κ2) is 28.1. The summed E-state index contributed by atoms with van der Waals surface area (Å²) >= 11 is 0. The molecule has 0 saturated carbocycles. The maximum absolute atomic E-state index is 9.47. The summed E-state index contributed by atoms with van der Waals surface area (Å²) in [7, 11) is -3.20. The van der Waals surface area contributed by atoms with Crippen LogP contribution in [0.4, 0.5) is 0 Å². The van der Waals surface area contributed by atoms with E-state index in [1.54, 1.807) is 0 Å². The minimum absolute atomic E-state index is 0.945. The first kappa shape index (κ1) is 33.2. The Bertz CT molecular complexity index is 341. The van der Waals surface area contributed by atoms with Crippen molar-refractivity contribution in [1.82, 2.24) is 5.32 Å². The van der Waals surface area contributed by atoms with Crippen molar-refractivity contribution in [2.45, 2.75) is 142 Å². The van der Waals surface area contributed by atoms with E-state index in [2.05, 4.69) is 23.7 Å². The van der Waals surface area contributed by atoms with Crippen molar-refractivity contribution >= 4 is 7.82 Å². The highest BCUT2D eigenvalue weighted by molar-refractivity contribution is 7.46. The van der Waals surface area contributed by atoms with Crippen LogP contribution >= 0.6 is 7.82 Å². The molecule has 3 N–H and O–H groups in total. The smallest absolute Gasteiger partial charge is 0.317 e. The van der Waals surface area contributed by atoms with Crippen LogP contribution in [-0.2, 0) is 9.09 Å². The highest BCUT2D eigenvalue weighted by Crippen LogP contribution is 2.33. The average Bonchev–Trinajstić information content (AvgIpc) is 2.75. The van der Waals surface area contributed by atoms with Gasteiger partial charge in [0.2, 0.25) is 0 Å². The summed E-state index contributed by atoms with van der Waals surface area (Å²) in [5, 5.41) is 3.64. The molecule has 0 atom stereocenters. The fourth-order valence-electron chi connectivity index (χ4n) is 3.60. The Hall–Kier alpha value is 0.0700. The number of nitrogens with one attached hydrogen (secondary N) is 1. The molecule has 0 unspecified atom stereocenters. The SMILES string of the molecule is CCCCCCCCCCCCNCCCCCCCCCCCC.COP(=O)(O)O. The van der Waals surface area contributed by atoms with Crippen molar-refractivity contribution in [3.63, 3.8) is 0 Å². The van der Waals surface area contributed by atoms with Crippen molar-refractivity contribution in [3.8, 4) is 0 Å². The Balaban J connectivity index is 0. The monoisotopic (exact) mass is 465 g/mol. The maximum atomic E-state index is 9.47. The summed E-state index contributed by atoms with van der Waals surface area (Å²) in [6.45, 7) is 7.08. The molecule has 5 nitrogen and oxygen atoms in total. The van der Waals surface area contributed by atoms with Gasteiger partial charge in [-0.15, -0.1) is 0 Å². The molecule has 31 heavy (non-hydrogen) atoms. The lowest BCUT2D eigenvalue weighted by Gasteiger charge is -2.05. The topological polar surface area (TPSA) is 78.8 Å². The number of phosphoric ester groups is 1. The van der Waals surface area contributed by atoms with Gasteiger partial charge < -0.3 is 15.1 Å². The van der Waals surface area contributed by atoms with Gasteiger partial charge in [0.25, 0.3) is 0 Å². The van der Waals surface area contributed by atoms with Gasteiger partial charge in [0, 0.05) is 7.11 Å². The Morgan fingerprint density at radius 2 is 0.774 bits per heavy atom. The third-order valence-electron chi connectivity index (χ3n) is 5.65. The Morgan fingerprint density at radius 1 is 0.548 bits per heavy atom. The van der Waals surface area contributed by atoms with Gasteiger partial charge in [-0.2, -0.15) is 0 Å². The van der Waals surface area contributed by atoms with E-state index in [0.717, 1.165) is 7.11 Å². The Labute approximate surface area is 194 Å². The molecule has 0 radical (unpaired) electrons. The summed E-state index contributed by atoms with van der Waals surface area (Å²) in [5.74, 6) is 0. The summed E-state index contributed by atoms with van der Waals surface area (Å²) in [6.07, 6.45) is 28.8. The predicted octanol–water partition coefficient (Wildman–Crippen LogP) is 8.14. The highest BCUT2D eigenvalue weighted by Gasteiger charge is 2.07. The minimum Gasteiger partial charge on any atom is -0.317 e. The number of hydrogen-bond acceptors (Lipinski definition) is 3. The van der Waals surface area contributed by atoms with Gasteiger partial charge in [0.1, 0.15) is 0 Å². The summed E-state index contributed by atoms with van der Waals surface area (Å²) in [5.41, 5.74) is 0. The quantitative estimate of drug-likeness (QED) is 0.105. The Kier molecular flexibility index (Phi) is 30.1. The van der Waals surface area contributed by atoms with Gasteiger partial charge in [-0.3, -0.25) is 4.52 Å². The third kappa shape index (κ3) is 37.7. The van der Waals surface area contributed by atoms with Crippen LogP contribution in [0.1, 0.15) is 142 Å². The van der Waals surface area contributed by atoms with Crippen LogP contribution in [0.2, 0.25) is 0 Å². The molecule has 0 rings (SSSR count). The molecule has 0 bridgehead atoms. The molecular weight excluding hydrogens is 409 g/mol. The minimum atomic E-state index is -4.15. The van der Waals surface area contributed by atoms with E-state index < -0.39 is 7.82 Å². The van der Waals surface area contributed by atoms with Gasteiger partial charge in [-0.25, -0.2) is 4.57 Å². The van der Waals surface area contributed by atoms with Crippen LogP contribution in [0, 0.1) is 0 Å². The standard InChI is InChI=1S/C24H51N.CH5O4P/c1-3-5-7-9-11-13-15-17-19-21-23-25-24-22-20-18-16-14-12-10-8-6-4-2;1-5-6(2,3)4/h25H,3-24H2,1-2H3;1H3,(H2,2,3,4). The molecule has 0 heterocycles. The van der Waals surface area contributed by atoms with Crippen molar-refractivity contribution in [2.24, 2.45) is 0 Å². The first-order valence-corrected chi connectivity index (χ1v) is 14.8. The lowest BCUT2D eigenvalue weighted by atomic mass is 10.1. The average molecular weight is 466 g/mol. The fraction of sp³-hybridized carbons (Fsp3) is 1.00. The zero-order chi connectivity index (χ0) is 23.5. The van der Waals surface area contributed by atoms with E-state index in [4.69, 9.17) is 9.79 Å². The van der Waals surface area contributed by atoms with Crippen LogP contribution in [0.3, 0.4) is 0 Å². The van der Waals surface area contributed by atoms with Crippen LogP contribution in [0.25, 0.3) is 0 Å². The predicted molar refractivity (Wildman–Crippen MR) is 136 cm³/mol. The van der Waals surface area contributed by atoms with Crippen molar-refractivity contribution in [1.29, 1.82) is 0 Å². The first-order chi connectivity index (χ1) is 15.0. The first-order valence-electron chi connectivity index (χ1n) is 13.3. The molecule has 0 aromatic heterocycles. The number of unbranched alkanes of at least 4 members (excludes halogenated alkanes) is 18. The van der Waals surface area contributed by atoms with E-state index >= 15 is 0 Å². The van der Waals surface area contributed by atoms with Crippen LogP contribution in [0.5, 0.6) is 0 Å².